The lowest BCUT2D eigenvalue weighted by atomic mass is 10.3. The van der Waals surface area contributed by atoms with Crippen molar-refractivity contribution >= 4 is 27.1 Å². The fourth-order valence-electron chi connectivity index (χ4n) is 1.59. The van der Waals surface area contributed by atoms with E-state index in [1.165, 1.54) is 12.1 Å². The summed E-state index contributed by atoms with van der Waals surface area (Å²) in [5.74, 6) is -0.182. The molecule has 6 nitrogen and oxygen atoms in total. The smallest absolute Gasteiger partial charge is 0.184 e. The maximum Gasteiger partial charge on any atom is 0.184 e. The van der Waals surface area contributed by atoms with Gasteiger partial charge in [-0.25, -0.2) is 8.42 Å². The van der Waals surface area contributed by atoms with Crippen molar-refractivity contribution in [1.82, 2.24) is 0 Å². The first-order valence-electron chi connectivity index (χ1n) is 6.40. The second-order valence-electron chi connectivity index (χ2n) is 4.19. The fourth-order valence-corrected chi connectivity index (χ4v) is 3.46. The average molecular weight is 338 g/mol. The highest BCUT2D eigenvalue weighted by atomic mass is 35.5. The van der Waals surface area contributed by atoms with Crippen molar-refractivity contribution in [1.29, 1.82) is 0 Å². The minimum atomic E-state index is -3.57. The van der Waals surface area contributed by atoms with Crippen LogP contribution in [0.15, 0.2) is 23.1 Å². The molecule has 0 atom stereocenters. The summed E-state index contributed by atoms with van der Waals surface area (Å²) in [6, 6.07) is 4.60. The topological polar surface area (TPSA) is 87.9 Å². The molecule has 0 saturated carbocycles. The van der Waals surface area contributed by atoms with Crippen LogP contribution < -0.4 is 5.73 Å². The Morgan fingerprint density at radius 1 is 1.10 bits per heavy atom. The van der Waals surface area contributed by atoms with Crippen LogP contribution >= 0.6 is 11.6 Å². The third-order valence-corrected chi connectivity index (χ3v) is 4.82. The number of nitrogens with two attached hydrogens (primary N) is 1. The van der Waals surface area contributed by atoms with Gasteiger partial charge in [0.05, 0.1) is 49.5 Å². The molecule has 0 aliphatic rings. The number of nitrogen functional groups attached to an aromatic ring is 1. The van der Waals surface area contributed by atoms with Gasteiger partial charge in [-0.15, -0.1) is 0 Å². The summed E-state index contributed by atoms with van der Waals surface area (Å²) in [5, 5.41) is 0.123. The Hall–Kier alpha value is -0.860. The molecule has 0 fully saturated rings. The van der Waals surface area contributed by atoms with Gasteiger partial charge in [0.15, 0.2) is 9.84 Å². The van der Waals surface area contributed by atoms with Gasteiger partial charge in [0, 0.05) is 7.11 Å². The predicted molar refractivity (Wildman–Crippen MR) is 81.4 cm³/mol. The van der Waals surface area contributed by atoms with E-state index in [0.29, 0.717) is 26.4 Å². The molecule has 0 aliphatic carbocycles. The molecule has 0 heterocycles. The maximum absolute atomic E-state index is 12.2. The second-order valence-corrected chi connectivity index (χ2v) is 6.65. The summed E-state index contributed by atoms with van der Waals surface area (Å²) >= 11 is 5.89. The Morgan fingerprint density at radius 2 is 1.71 bits per heavy atom. The van der Waals surface area contributed by atoms with Gasteiger partial charge in [-0.1, -0.05) is 17.7 Å². The Morgan fingerprint density at radius 3 is 2.33 bits per heavy atom. The minimum absolute atomic E-state index is 0.0355. The average Bonchev–Trinajstić information content (AvgIpc) is 2.41. The largest absolute Gasteiger partial charge is 0.398 e. The number of hydrogen-bond acceptors (Lipinski definition) is 6. The summed E-state index contributed by atoms with van der Waals surface area (Å²) in [6.45, 7) is 1.75. The van der Waals surface area contributed by atoms with E-state index in [2.05, 4.69) is 0 Å². The number of benzene rings is 1. The van der Waals surface area contributed by atoms with E-state index in [0.717, 1.165) is 0 Å². The number of rotatable bonds is 10. The van der Waals surface area contributed by atoms with Crippen molar-refractivity contribution in [2.75, 3.05) is 51.6 Å². The fraction of sp³-hybridized carbons (Fsp3) is 0.538. The zero-order valence-electron chi connectivity index (χ0n) is 11.9. The number of hydrogen-bond donors (Lipinski definition) is 1. The van der Waals surface area contributed by atoms with Crippen LogP contribution in [0.4, 0.5) is 5.69 Å². The molecule has 1 rings (SSSR count). The predicted octanol–water partition coefficient (Wildman–Crippen LogP) is 1.38. The molecular weight excluding hydrogens is 318 g/mol. The van der Waals surface area contributed by atoms with Gasteiger partial charge in [-0.05, 0) is 12.1 Å². The van der Waals surface area contributed by atoms with Gasteiger partial charge >= 0.3 is 0 Å². The van der Waals surface area contributed by atoms with E-state index in [4.69, 9.17) is 31.5 Å². The molecular formula is C13H20ClNO5S. The number of anilines is 1. The molecule has 0 bridgehead atoms. The zero-order chi connectivity index (χ0) is 15.7. The quantitative estimate of drug-likeness (QED) is 0.512. The first kappa shape index (κ1) is 18.2. The first-order valence-corrected chi connectivity index (χ1v) is 8.43. The van der Waals surface area contributed by atoms with Crippen molar-refractivity contribution in [3.63, 3.8) is 0 Å². The van der Waals surface area contributed by atoms with Crippen LogP contribution in [0.25, 0.3) is 0 Å². The van der Waals surface area contributed by atoms with Crippen LogP contribution in [0, 0.1) is 0 Å². The zero-order valence-corrected chi connectivity index (χ0v) is 13.5. The molecule has 0 saturated heterocycles. The summed E-state index contributed by atoms with van der Waals surface area (Å²) < 4.78 is 39.5. The summed E-state index contributed by atoms with van der Waals surface area (Å²) in [7, 11) is -1.98. The van der Waals surface area contributed by atoms with E-state index >= 15 is 0 Å². The van der Waals surface area contributed by atoms with Gasteiger partial charge in [-0.3, -0.25) is 0 Å². The van der Waals surface area contributed by atoms with Gasteiger partial charge in [0.1, 0.15) is 4.90 Å². The molecule has 0 spiro atoms. The molecule has 0 aliphatic heterocycles. The lowest BCUT2D eigenvalue weighted by molar-refractivity contribution is 0.0284. The molecule has 8 heteroatoms. The van der Waals surface area contributed by atoms with Gasteiger partial charge in [0.25, 0.3) is 0 Å². The molecule has 21 heavy (non-hydrogen) atoms. The van der Waals surface area contributed by atoms with E-state index in [-0.39, 0.29) is 28.0 Å². The number of halogens is 1. The summed E-state index contributed by atoms with van der Waals surface area (Å²) in [5.41, 5.74) is 5.81. The third kappa shape index (κ3) is 6.19. The minimum Gasteiger partial charge on any atom is -0.398 e. The van der Waals surface area contributed by atoms with Crippen LogP contribution in [0.1, 0.15) is 0 Å². The molecule has 1 aromatic rings. The number of methoxy groups -OCH3 is 1. The normalized spacial score (nSPS) is 11.7. The van der Waals surface area contributed by atoms with Gasteiger partial charge in [0.2, 0.25) is 0 Å². The lowest BCUT2D eigenvalue weighted by Crippen LogP contribution is -2.16. The second kappa shape index (κ2) is 9.22. The van der Waals surface area contributed by atoms with Gasteiger partial charge in [-0.2, -0.15) is 0 Å². The molecule has 120 valence electrons. The molecule has 2 N–H and O–H groups in total. The molecule has 0 aromatic heterocycles. The van der Waals surface area contributed by atoms with Gasteiger partial charge < -0.3 is 19.9 Å². The highest BCUT2D eigenvalue weighted by molar-refractivity contribution is 7.91. The van der Waals surface area contributed by atoms with Crippen LogP contribution in [-0.4, -0.2) is 54.3 Å². The van der Waals surface area contributed by atoms with Crippen molar-refractivity contribution in [2.45, 2.75) is 4.90 Å². The van der Waals surface area contributed by atoms with Crippen LogP contribution in [-0.2, 0) is 24.0 Å². The maximum atomic E-state index is 12.2. The van der Waals surface area contributed by atoms with Crippen molar-refractivity contribution in [3.8, 4) is 0 Å². The molecule has 1 aromatic carbocycles. The SMILES string of the molecule is COCCOCCOCCS(=O)(=O)c1c(N)cccc1Cl. The van der Waals surface area contributed by atoms with E-state index in [1.54, 1.807) is 13.2 Å². The Balaban J connectivity index is 2.37. The summed E-state index contributed by atoms with van der Waals surface area (Å²) in [6.07, 6.45) is 0. The Kier molecular flexibility index (Phi) is 7.98. The number of ether oxygens (including phenoxy) is 3. The monoisotopic (exact) mass is 337 g/mol. The van der Waals surface area contributed by atoms with E-state index in [1.807, 2.05) is 0 Å². The molecule has 0 amide bonds. The standard InChI is InChI=1S/C13H20ClNO5S/c1-18-5-6-19-7-8-20-9-10-21(16,17)13-11(14)3-2-4-12(13)15/h2-4H,5-10,15H2,1H3. The van der Waals surface area contributed by atoms with Crippen molar-refractivity contribution < 1.29 is 22.6 Å². The van der Waals surface area contributed by atoms with E-state index in [9.17, 15) is 8.42 Å². The highest BCUT2D eigenvalue weighted by Crippen LogP contribution is 2.27. The van der Waals surface area contributed by atoms with Crippen LogP contribution in [0.5, 0.6) is 0 Å². The molecule has 0 radical (unpaired) electrons. The third-order valence-electron chi connectivity index (χ3n) is 2.61. The Bertz CT molecular complexity index is 515. The number of sulfone groups is 1. The highest BCUT2D eigenvalue weighted by Gasteiger charge is 2.20. The summed E-state index contributed by atoms with van der Waals surface area (Å²) in [4.78, 5) is -0.0355. The van der Waals surface area contributed by atoms with E-state index < -0.39 is 9.84 Å². The Labute approximate surface area is 130 Å². The lowest BCUT2D eigenvalue weighted by Gasteiger charge is -2.10. The first-order chi connectivity index (χ1) is 9.99. The molecule has 0 unspecified atom stereocenters. The van der Waals surface area contributed by atoms with Crippen molar-refractivity contribution in [3.05, 3.63) is 23.2 Å². The van der Waals surface area contributed by atoms with Crippen LogP contribution in [0.2, 0.25) is 5.02 Å². The van der Waals surface area contributed by atoms with Crippen molar-refractivity contribution in [2.24, 2.45) is 0 Å². The van der Waals surface area contributed by atoms with Crippen LogP contribution in [0.3, 0.4) is 0 Å².